The van der Waals surface area contributed by atoms with E-state index in [1.807, 2.05) is 23.1 Å². The Balaban J connectivity index is 1.34. The van der Waals surface area contributed by atoms with Gasteiger partial charge in [-0.05, 0) is 42.0 Å². The Bertz CT molecular complexity index is 771. The van der Waals surface area contributed by atoms with Crippen LogP contribution in [0.2, 0.25) is 0 Å². The lowest BCUT2D eigenvalue weighted by Gasteiger charge is -2.36. The Kier molecular flexibility index (Phi) is 4.17. The Morgan fingerprint density at radius 1 is 0.960 bits per heavy atom. The lowest BCUT2D eigenvalue weighted by atomic mass is 10.1. The number of amides is 1. The summed E-state index contributed by atoms with van der Waals surface area (Å²) in [5.74, 6) is 1.30. The summed E-state index contributed by atoms with van der Waals surface area (Å²) in [5, 5.41) is 0. The summed E-state index contributed by atoms with van der Waals surface area (Å²) >= 11 is 0. The Labute approximate surface area is 145 Å². The summed E-state index contributed by atoms with van der Waals surface area (Å²) < 4.78 is 23.7. The highest BCUT2D eigenvalue weighted by Crippen LogP contribution is 2.32. The molecule has 2 heterocycles. The Morgan fingerprint density at radius 3 is 2.44 bits per heavy atom. The van der Waals surface area contributed by atoms with Crippen LogP contribution in [0.15, 0.2) is 42.5 Å². The van der Waals surface area contributed by atoms with Crippen LogP contribution in [0.1, 0.15) is 5.56 Å². The van der Waals surface area contributed by atoms with Gasteiger partial charge in [-0.3, -0.25) is 4.79 Å². The molecule has 1 saturated heterocycles. The Morgan fingerprint density at radius 2 is 1.68 bits per heavy atom. The summed E-state index contributed by atoms with van der Waals surface area (Å²) in [5.41, 5.74) is 1.92. The van der Waals surface area contributed by atoms with Gasteiger partial charge in [-0.15, -0.1) is 0 Å². The lowest BCUT2D eigenvalue weighted by molar-refractivity contribution is -0.130. The zero-order chi connectivity index (χ0) is 17.2. The van der Waals surface area contributed by atoms with E-state index in [0.29, 0.717) is 25.3 Å². The normalized spacial score (nSPS) is 16.2. The van der Waals surface area contributed by atoms with Crippen molar-refractivity contribution >= 4 is 11.6 Å². The minimum absolute atomic E-state index is 0.109. The molecule has 1 fully saturated rings. The van der Waals surface area contributed by atoms with Crippen LogP contribution < -0.4 is 14.4 Å². The molecule has 0 radical (unpaired) electrons. The molecule has 5 nitrogen and oxygen atoms in total. The first kappa shape index (κ1) is 15.7. The van der Waals surface area contributed by atoms with Crippen LogP contribution in [0.25, 0.3) is 0 Å². The maximum absolute atomic E-state index is 13.0. The van der Waals surface area contributed by atoms with Gasteiger partial charge in [0.05, 0.1) is 6.42 Å². The highest BCUT2D eigenvalue weighted by molar-refractivity contribution is 5.79. The second kappa shape index (κ2) is 6.63. The van der Waals surface area contributed by atoms with Gasteiger partial charge in [0.2, 0.25) is 12.7 Å². The van der Waals surface area contributed by atoms with Crippen LogP contribution in [0, 0.1) is 5.82 Å². The molecule has 0 spiro atoms. The first-order chi connectivity index (χ1) is 12.2. The maximum atomic E-state index is 13.0. The minimum atomic E-state index is -0.235. The molecule has 2 aromatic rings. The number of hydrogen-bond acceptors (Lipinski definition) is 4. The van der Waals surface area contributed by atoms with Gasteiger partial charge in [-0.2, -0.15) is 0 Å². The molecule has 130 valence electrons. The number of carbonyl (C=O) groups is 1. The second-order valence-electron chi connectivity index (χ2n) is 6.21. The largest absolute Gasteiger partial charge is 0.454 e. The van der Waals surface area contributed by atoms with Crippen LogP contribution >= 0.6 is 0 Å². The van der Waals surface area contributed by atoms with Crippen molar-refractivity contribution in [3.8, 4) is 11.5 Å². The third-order valence-corrected chi connectivity index (χ3v) is 4.62. The van der Waals surface area contributed by atoms with Gasteiger partial charge in [0, 0.05) is 31.9 Å². The quantitative estimate of drug-likeness (QED) is 0.859. The first-order valence-electron chi connectivity index (χ1n) is 8.36. The molecule has 0 N–H and O–H groups in total. The van der Waals surface area contributed by atoms with E-state index in [-0.39, 0.29) is 18.5 Å². The molecule has 2 aliphatic heterocycles. The Hall–Kier alpha value is -2.76. The number of ether oxygens (including phenoxy) is 2. The average Bonchev–Trinajstić information content (AvgIpc) is 3.10. The number of carbonyl (C=O) groups excluding carboxylic acids is 1. The first-order valence-corrected chi connectivity index (χ1v) is 8.36. The average molecular weight is 342 g/mol. The molecule has 0 bridgehead atoms. The van der Waals surface area contributed by atoms with E-state index in [1.165, 1.54) is 12.1 Å². The van der Waals surface area contributed by atoms with Crippen molar-refractivity contribution in [3.05, 3.63) is 53.8 Å². The van der Waals surface area contributed by atoms with E-state index in [2.05, 4.69) is 4.90 Å². The SMILES string of the molecule is O=C(Cc1ccc2c(c1)OCO2)N1CCN(c2ccc(F)cc2)CC1. The van der Waals surface area contributed by atoms with E-state index in [9.17, 15) is 9.18 Å². The molecule has 0 aliphatic carbocycles. The molecule has 1 amide bonds. The molecule has 4 rings (SSSR count). The molecule has 0 unspecified atom stereocenters. The highest BCUT2D eigenvalue weighted by Gasteiger charge is 2.22. The second-order valence-corrected chi connectivity index (χ2v) is 6.21. The van der Waals surface area contributed by atoms with Crippen LogP contribution in [0.5, 0.6) is 11.5 Å². The van der Waals surface area contributed by atoms with Crippen molar-refractivity contribution in [1.29, 1.82) is 0 Å². The van der Waals surface area contributed by atoms with Crippen molar-refractivity contribution in [2.24, 2.45) is 0 Å². The van der Waals surface area contributed by atoms with E-state index in [1.54, 1.807) is 12.1 Å². The monoisotopic (exact) mass is 342 g/mol. The summed E-state index contributed by atoms with van der Waals surface area (Å²) in [6, 6.07) is 12.1. The molecule has 25 heavy (non-hydrogen) atoms. The topological polar surface area (TPSA) is 42.0 Å². The van der Waals surface area contributed by atoms with Gasteiger partial charge >= 0.3 is 0 Å². The van der Waals surface area contributed by atoms with Gasteiger partial charge in [-0.1, -0.05) is 6.07 Å². The van der Waals surface area contributed by atoms with Gasteiger partial charge in [0.25, 0.3) is 0 Å². The van der Waals surface area contributed by atoms with E-state index >= 15 is 0 Å². The van der Waals surface area contributed by atoms with Crippen molar-refractivity contribution < 1.29 is 18.7 Å². The molecule has 0 aromatic heterocycles. The van der Waals surface area contributed by atoms with Crippen molar-refractivity contribution in [2.45, 2.75) is 6.42 Å². The maximum Gasteiger partial charge on any atom is 0.231 e. The third-order valence-electron chi connectivity index (χ3n) is 4.62. The number of benzene rings is 2. The number of nitrogens with zero attached hydrogens (tertiary/aromatic N) is 2. The zero-order valence-electron chi connectivity index (χ0n) is 13.8. The van der Waals surface area contributed by atoms with Crippen LogP contribution in [0.3, 0.4) is 0 Å². The fourth-order valence-electron chi connectivity index (χ4n) is 3.20. The molecule has 6 heteroatoms. The molecule has 0 saturated carbocycles. The summed E-state index contributed by atoms with van der Waals surface area (Å²) in [7, 11) is 0. The zero-order valence-corrected chi connectivity index (χ0v) is 13.8. The van der Waals surface area contributed by atoms with Gasteiger partial charge < -0.3 is 19.3 Å². The smallest absolute Gasteiger partial charge is 0.231 e. The fraction of sp³-hybridized carbons (Fsp3) is 0.316. The fourth-order valence-corrected chi connectivity index (χ4v) is 3.20. The standard InChI is InChI=1S/C19H19FN2O3/c20-15-2-4-16(5-3-15)21-7-9-22(10-8-21)19(23)12-14-1-6-17-18(11-14)25-13-24-17/h1-6,11H,7-10,12-13H2. The summed E-state index contributed by atoms with van der Waals surface area (Å²) in [6.07, 6.45) is 0.354. The number of halogens is 1. The molecular formula is C19H19FN2O3. The summed E-state index contributed by atoms with van der Waals surface area (Å²) in [4.78, 5) is 16.6. The van der Waals surface area contributed by atoms with E-state index < -0.39 is 0 Å². The third kappa shape index (κ3) is 3.38. The van der Waals surface area contributed by atoms with Crippen LogP contribution in [0.4, 0.5) is 10.1 Å². The molecule has 0 atom stereocenters. The predicted octanol–water partition coefficient (Wildman–Crippen LogP) is 2.45. The van der Waals surface area contributed by atoms with E-state index in [0.717, 1.165) is 30.1 Å². The van der Waals surface area contributed by atoms with Crippen LogP contribution in [-0.4, -0.2) is 43.8 Å². The summed E-state index contributed by atoms with van der Waals surface area (Å²) in [6.45, 7) is 3.07. The van der Waals surface area contributed by atoms with Crippen LogP contribution in [-0.2, 0) is 11.2 Å². The lowest BCUT2D eigenvalue weighted by Crippen LogP contribution is -2.49. The number of fused-ring (bicyclic) bond motifs is 1. The van der Waals surface area contributed by atoms with Crippen molar-refractivity contribution in [3.63, 3.8) is 0 Å². The number of piperazine rings is 1. The number of hydrogen-bond donors (Lipinski definition) is 0. The highest BCUT2D eigenvalue weighted by atomic mass is 19.1. The molecule has 2 aromatic carbocycles. The number of anilines is 1. The van der Waals surface area contributed by atoms with Crippen molar-refractivity contribution in [1.82, 2.24) is 4.90 Å². The minimum Gasteiger partial charge on any atom is -0.454 e. The van der Waals surface area contributed by atoms with Gasteiger partial charge in [0.15, 0.2) is 11.5 Å². The van der Waals surface area contributed by atoms with E-state index in [4.69, 9.17) is 9.47 Å². The van der Waals surface area contributed by atoms with Gasteiger partial charge in [0.1, 0.15) is 5.82 Å². The molecular weight excluding hydrogens is 323 g/mol. The number of rotatable bonds is 3. The van der Waals surface area contributed by atoms with Gasteiger partial charge in [-0.25, -0.2) is 4.39 Å². The van der Waals surface area contributed by atoms with Crippen molar-refractivity contribution in [2.75, 3.05) is 37.9 Å². The molecule has 2 aliphatic rings. The predicted molar refractivity (Wildman–Crippen MR) is 91.5 cm³/mol.